The lowest BCUT2D eigenvalue weighted by atomic mass is 9.92. The number of aryl methyl sites for hydroxylation is 3. The number of piperidine rings is 1. The summed E-state index contributed by atoms with van der Waals surface area (Å²) >= 11 is 0. The van der Waals surface area contributed by atoms with Crippen molar-refractivity contribution in [1.29, 1.82) is 0 Å². The number of carboxylic acids is 1. The van der Waals surface area contributed by atoms with Crippen LogP contribution in [0, 0.1) is 32.6 Å². The molecule has 0 bridgehead atoms. The molecule has 0 aliphatic carbocycles. The minimum absolute atomic E-state index is 0.00726. The lowest BCUT2D eigenvalue weighted by molar-refractivity contribution is -0.138. The number of rotatable bonds is 5. The van der Waals surface area contributed by atoms with E-state index in [0.717, 1.165) is 29.7 Å². The molecule has 2 atom stereocenters. The van der Waals surface area contributed by atoms with Gasteiger partial charge in [0.15, 0.2) is 0 Å². The van der Waals surface area contributed by atoms with Crippen molar-refractivity contribution >= 4 is 23.5 Å². The molecule has 152 valence electrons. The number of carbonyl (C=O) groups is 3. The molecule has 2 aliphatic heterocycles. The number of nitrogens with zero attached hydrogens (tertiary/aromatic N) is 2. The van der Waals surface area contributed by atoms with E-state index >= 15 is 0 Å². The van der Waals surface area contributed by atoms with E-state index in [9.17, 15) is 14.4 Å². The first kappa shape index (κ1) is 20.4. The maximum atomic E-state index is 13.1. The average molecular weight is 386 g/mol. The lowest BCUT2D eigenvalue weighted by Gasteiger charge is -2.34. The van der Waals surface area contributed by atoms with Gasteiger partial charge in [0.25, 0.3) is 0 Å². The number of likely N-dealkylation sites (tertiary alicyclic amines) is 1. The maximum absolute atomic E-state index is 13.1. The van der Waals surface area contributed by atoms with Crippen molar-refractivity contribution in [1.82, 2.24) is 4.90 Å². The van der Waals surface area contributed by atoms with Gasteiger partial charge in [-0.1, -0.05) is 17.7 Å². The van der Waals surface area contributed by atoms with Crippen LogP contribution < -0.4 is 4.90 Å². The van der Waals surface area contributed by atoms with Crippen LogP contribution in [0.25, 0.3) is 0 Å². The molecule has 1 aromatic rings. The largest absolute Gasteiger partial charge is 0.481 e. The minimum atomic E-state index is -0.788. The van der Waals surface area contributed by atoms with Gasteiger partial charge in [-0.25, -0.2) is 0 Å². The van der Waals surface area contributed by atoms with E-state index in [1.807, 2.05) is 25.7 Å². The SMILES string of the molecule is Cc1cc(C)c(N2CC(C(=O)N3CCCC(CCC(=O)O)C3)CC2=O)c(C)c1. The fourth-order valence-electron chi connectivity index (χ4n) is 4.77. The van der Waals surface area contributed by atoms with E-state index in [1.54, 1.807) is 4.90 Å². The van der Waals surface area contributed by atoms with Crippen LogP contribution in [-0.2, 0) is 14.4 Å². The number of hydrogen-bond donors (Lipinski definition) is 1. The van der Waals surface area contributed by atoms with Gasteiger partial charge in [0.1, 0.15) is 0 Å². The number of aliphatic carboxylic acids is 1. The molecular formula is C22H30N2O4. The van der Waals surface area contributed by atoms with Crippen LogP contribution in [0.4, 0.5) is 5.69 Å². The normalized spacial score (nSPS) is 22.6. The molecule has 2 amide bonds. The maximum Gasteiger partial charge on any atom is 0.303 e. The Bertz CT molecular complexity index is 766. The van der Waals surface area contributed by atoms with Crippen LogP contribution in [0.15, 0.2) is 12.1 Å². The van der Waals surface area contributed by atoms with Gasteiger partial charge in [-0.2, -0.15) is 0 Å². The molecule has 28 heavy (non-hydrogen) atoms. The summed E-state index contributed by atoms with van der Waals surface area (Å²) in [5.41, 5.74) is 4.22. The lowest BCUT2D eigenvalue weighted by Crippen LogP contribution is -2.43. The number of hydrogen-bond acceptors (Lipinski definition) is 3. The van der Waals surface area contributed by atoms with Crippen LogP contribution in [-0.4, -0.2) is 47.4 Å². The Morgan fingerprint density at radius 1 is 1.14 bits per heavy atom. The fourth-order valence-corrected chi connectivity index (χ4v) is 4.77. The van der Waals surface area contributed by atoms with Gasteiger partial charge < -0.3 is 14.9 Å². The van der Waals surface area contributed by atoms with E-state index in [4.69, 9.17) is 5.11 Å². The standard InChI is InChI=1S/C22H30N2O4/c1-14-9-15(2)21(16(3)10-14)24-13-18(11-19(24)25)22(28)23-8-4-5-17(12-23)6-7-20(26)27/h9-10,17-18H,4-8,11-13H2,1-3H3,(H,26,27). The zero-order chi connectivity index (χ0) is 20.4. The van der Waals surface area contributed by atoms with Crippen molar-refractivity contribution in [3.05, 3.63) is 28.8 Å². The smallest absolute Gasteiger partial charge is 0.303 e. The molecule has 6 nitrogen and oxygen atoms in total. The molecule has 2 saturated heterocycles. The molecule has 2 fully saturated rings. The highest BCUT2D eigenvalue weighted by Crippen LogP contribution is 2.33. The molecule has 1 aromatic carbocycles. The van der Waals surface area contributed by atoms with Gasteiger partial charge in [0.05, 0.1) is 5.92 Å². The summed E-state index contributed by atoms with van der Waals surface area (Å²) in [6, 6.07) is 4.14. The summed E-state index contributed by atoms with van der Waals surface area (Å²) in [5.74, 6) is -0.815. The molecule has 0 radical (unpaired) electrons. The Labute approximate surface area is 166 Å². The van der Waals surface area contributed by atoms with E-state index < -0.39 is 5.97 Å². The van der Waals surface area contributed by atoms with Crippen molar-refractivity contribution in [3.8, 4) is 0 Å². The highest BCUT2D eigenvalue weighted by molar-refractivity contribution is 6.01. The number of carboxylic acid groups (broad SMARTS) is 1. The quantitative estimate of drug-likeness (QED) is 0.844. The Morgan fingerprint density at radius 2 is 1.82 bits per heavy atom. The highest BCUT2D eigenvalue weighted by Gasteiger charge is 2.39. The monoisotopic (exact) mass is 386 g/mol. The van der Waals surface area contributed by atoms with Gasteiger partial charge in [0, 0.05) is 38.2 Å². The second kappa shape index (κ2) is 8.33. The third-order valence-corrected chi connectivity index (χ3v) is 5.98. The summed E-state index contributed by atoms with van der Waals surface area (Å²) in [4.78, 5) is 40.2. The van der Waals surface area contributed by atoms with Crippen molar-refractivity contribution in [2.45, 2.75) is 52.9 Å². The van der Waals surface area contributed by atoms with Crippen LogP contribution in [0.5, 0.6) is 0 Å². The summed E-state index contributed by atoms with van der Waals surface area (Å²) in [6.45, 7) is 7.80. The molecule has 2 heterocycles. The predicted octanol–water partition coefficient (Wildman–Crippen LogP) is 3.07. The average Bonchev–Trinajstić information content (AvgIpc) is 3.00. The first-order valence-corrected chi connectivity index (χ1v) is 10.1. The number of benzene rings is 1. The van der Waals surface area contributed by atoms with E-state index in [2.05, 4.69) is 12.1 Å². The van der Waals surface area contributed by atoms with E-state index in [0.29, 0.717) is 26.1 Å². The van der Waals surface area contributed by atoms with Crippen LogP contribution >= 0.6 is 0 Å². The zero-order valence-electron chi connectivity index (χ0n) is 17.0. The Morgan fingerprint density at radius 3 is 2.46 bits per heavy atom. The highest BCUT2D eigenvalue weighted by atomic mass is 16.4. The first-order valence-electron chi connectivity index (χ1n) is 10.1. The molecule has 2 aliphatic rings. The molecule has 2 unspecified atom stereocenters. The molecular weight excluding hydrogens is 356 g/mol. The van der Waals surface area contributed by atoms with E-state index in [1.165, 1.54) is 5.56 Å². The predicted molar refractivity (Wildman–Crippen MR) is 107 cm³/mol. The summed E-state index contributed by atoms with van der Waals surface area (Å²) in [7, 11) is 0. The molecule has 0 saturated carbocycles. The van der Waals surface area contributed by atoms with Crippen molar-refractivity contribution in [2.24, 2.45) is 11.8 Å². The Balaban J connectivity index is 1.68. The topological polar surface area (TPSA) is 77.9 Å². The number of carbonyl (C=O) groups excluding carboxylic acids is 2. The van der Waals surface area contributed by atoms with Crippen molar-refractivity contribution in [3.63, 3.8) is 0 Å². The van der Waals surface area contributed by atoms with Crippen molar-refractivity contribution in [2.75, 3.05) is 24.5 Å². The first-order chi connectivity index (χ1) is 13.3. The molecule has 3 rings (SSSR count). The van der Waals surface area contributed by atoms with Crippen molar-refractivity contribution < 1.29 is 19.5 Å². The van der Waals surface area contributed by atoms with Crippen LogP contribution in [0.1, 0.15) is 48.8 Å². The number of amides is 2. The molecule has 6 heteroatoms. The summed E-state index contributed by atoms with van der Waals surface area (Å²) in [6.07, 6.45) is 2.87. The fraction of sp³-hybridized carbons (Fsp3) is 0.591. The van der Waals surface area contributed by atoms with Gasteiger partial charge in [-0.3, -0.25) is 14.4 Å². The molecule has 0 aromatic heterocycles. The van der Waals surface area contributed by atoms with Gasteiger partial charge in [0.2, 0.25) is 11.8 Å². The van der Waals surface area contributed by atoms with Gasteiger partial charge in [-0.15, -0.1) is 0 Å². The third kappa shape index (κ3) is 4.37. The Hall–Kier alpha value is -2.37. The van der Waals surface area contributed by atoms with E-state index in [-0.39, 0.29) is 36.5 Å². The number of anilines is 1. The van der Waals surface area contributed by atoms with Gasteiger partial charge >= 0.3 is 5.97 Å². The van der Waals surface area contributed by atoms with Crippen LogP contribution in [0.3, 0.4) is 0 Å². The van der Waals surface area contributed by atoms with Crippen LogP contribution in [0.2, 0.25) is 0 Å². The molecule has 1 N–H and O–H groups in total. The second-order valence-corrected chi connectivity index (χ2v) is 8.38. The zero-order valence-corrected chi connectivity index (χ0v) is 17.0. The van der Waals surface area contributed by atoms with Gasteiger partial charge in [-0.05, 0) is 57.1 Å². The summed E-state index contributed by atoms with van der Waals surface area (Å²) in [5, 5.41) is 8.90. The third-order valence-electron chi connectivity index (χ3n) is 5.98. The molecule has 0 spiro atoms. The minimum Gasteiger partial charge on any atom is -0.481 e. The Kier molecular flexibility index (Phi) is 6.06. The second-order valence-electron chi connectivity index (χ2n) is 8.38. The summed E-state index contributed by atoms with van der Waals surface area (Å²) < 4.78 is 0.